The molecule has 0 saturated carbocycles. The molecule has 0 aliphatic carbocycles. The zero-order chi connectivity index (χ0) is 13.4. The van der Waals surface area contributed by atoms with Crippen LogP contribution in [0.3, 0.4) is 0 Å². The normalized spacial score (nSPS) is 10.1. The minimum absolute atomic E-state index is 0.0869. The lowest BCUT2D eigenvalue weighted by atomic mass is 10.1. The Kier molecular flexibility index (Phi) is 6.28. The van der Waals surface area contributed by atoms with Gasteiger partial charge in [-0.25, -0.2) is 0 Å². The monoisotopic (exact) mass is 268 g/mol. The molecule has 0 aliphatic heterocycles. The highest BCUT2D eigenvalue weighted by atomic mass is 32.1. The number of phenolic OH excluding ortho intramolecular Hbond substituents is 2. The van der Waals surface area contributed by atoms with Gasteiger partial charge in [0.1, 0.15) is 0 Å². The predicted molar refractivity (Wildman–Crippen MR) is 77.0 cm³/mol. The molecule has 0 fully saturated rings. The van der Waals surface area contributed by atoms with Crippen LogP contribution >= 0.6 is 12.2 Å². The van der Waals surface area contributed by atoms with Gasteiger partial charge < -0.3 is 20.8 Å². The van der Waals surface area contributed by atoms with E-state index in [2.05, 4.69) is 17.6 Å². The standard InChI is InChI=1S/C13H20N2O2S/c1-2-3-7-14-13(18)15-8-6-10-4-5-11(16)12(17)9-10/h4-5,9,16-17H,2-3,6-8H2,1H3,(H2,14,15,18). The number of thiocarbonyl (C=S) groups is 1. The first-order chi connectivity index (χ1) is 8.63. The first kappa shape index (κ1) is 14.6. The maximum absolute atomic E-state index is 9.34. The van der Waals surface area contributed by atoms with Crippen molar-refractivity contribution >= 4 is 17.3 Å². The molecule has 0 radical (unpaired) electrons. The van der Waals surface area contributed by atoms with Crippen molar-refractivity contribution in [2.75, 3.05) is 13.1 Å². The second-order valence-corrected chi connectivity index (χ2v) is 4.52. The summed E-state index contributed by atoms with van der Waals surface area (Å²) in [5, 5.41) is 25.4. The van der Waals surface area contributed by atoms with Gasteiger partial charge in [-0.05, 0) is 42.8 Å². The van der Waals surface area contributed by atoms with E-state index in [-0.39, 0.29) is 11.5 Å². The molecule has 0 spiro atoms. The fourth-order valence-electron chi connectivity index (χ4n) is 1.49. The van der Waals surface area contributed by atoms with Crippen LogP contribution in [-0.4, -0.2) is 28.4 Å². The molecule has 0 aliphatic rings. The smallest absolute Gasteiger partial charge is 0.166 e. The zero-order valence-corrected chi connectivity index (χ0v) is 11.4. The van der Waals surface area contributed by atoms with Gasteiger partial charge in [-0.3, -0.25) is 0 Å². The Labute approximate surface area is 113 Å². The van der Waals surface area contributed by atoms with Crippen molar-refractivity contribution in [3.05, 3.63) is 23.8 Å². The lowest BCUT2D eigenvalue weighted by Gasteiger charge is -2.10. The molecule has 5 heteroatoms. The largest absolute Gasteiger partial charge is 0.504 e. The van der Waals surface area contributed by atoms with Crippen molar-refractivity contribution in [2.45, 2.75) is 26.2 Å². The Morgan fingerprint density at radius 1 is 1.17 bits per heavy atom. The summed E-state index contributed by atoms with van der Waals surface area (Å²) in [6, 6.07) is 4.83. The Morgan fingerprint density at radius 3 is 2.56 bits per heavy atom. The summed E-state index contributed by atoms with van der Waals surface area (Å²) in [5.74, 6) is -0.181. The average molecular weight is 268 g/mol. The number of rotatable bonds is 6. The van der Waals surface area contributed by atoms with E-state index >= 15 is 0 Å². The van der Waals surface area contributed by atoms with Crippen LogP contribution in [0.2, 0.25) is 0 Å². The highest BCUT2D eigenvalue weighted by Crippen LogP contribution is 2.24. The van der Waals surface area contributed by atoms with Crippen LogP contribution < -0.4 is 10.6 Å². The average Bonchev–Trinajstić information content (AvgIpc) is 2.34. The number of hydrogen-bond acceptors (Lipinski definition) is 3. The van der Waals surface area contributed by atoms with Crippen molar-refractivity contribution in [2.24, 2.45) is 0 Å². The zero-order valence-electron chi connectivity index (χ0n) is 10.6. The van der Waals surface area contributed by atoms with Gasteiger partial charge in [-0.15, -0.1) is 0 Å². The van der Waals surface area contributed by atoms with Gasteiger partial charge in [0.15, 0.2) is 16.6 Å². The Balaban J connectivity index is 2.24. The van der Waals surface area contributed by atoms with Crippen molar-refractivity contribution in [3.8, 4) is 11.5 Å². The molecular weight excluding hydrogens is 248 g/mol. The summed E-state index contributed by atoms with van der Waals surface area (Å²) in [7, 11) is 0. The molecule has 100 valence electrons. The molecule has 0 unspecified atom stereocenters. The molecule has 0 aromatic heterocycles. The highest BCUT2D eigenvalue weighted by molar-refractivity contribution is 7.80. The Bertz CT molecular complexity index is 397. The Hall–Kier alpha value is -1.49. The molecule has 1 aromatic rings. The summed E-state index contributed by atoms with van der Waals surface area (Å²) in [6.07, 6.45) is 2.99. The minimum Gasteiger partial charge on any atom is -0.504 e. The van der Waals surface area contributed by atoms with E-state index in [9.17, 15) is 10.2 Å². The van der Waals surface area contributed by atoms with E-state index in [0.29, 0.717) is 11.7 Å². The van der Waals surface area contributed by atoms with Crippen LogP contribution in [0, 0.1) is 0 Å². The first-order valence-electron chi connectivity index (χ1n) is 6.16. The molecule has 0 bridgehead atoms. The third-order valence-corrected chi connectivity index (χ3v) is 2.84. The molecule has 0 atom stereocenters. The van der Waals surface area contributed by atoms with Gasteiger partial charge in [0.05, 0.1) is 0 Å². The van der Waals surface area contributed by atoms with E-state index < -0.39 is 0 Å². The third kappa shape index (κ3) is 5.23. The summed E-state index contributed by atoms with van der Waals surface area (Å²) in [6.45, 7) is 3.72. The molecule has 0 amide bonds. The number of unbranched alkanes of at least 4 members (excludes halogenated alkanes) is 1. The van der Waals surface area contributed by atoms with Gasteiger partial charge in [-0.1, -0.05) is 19.4 Å². The lowest BCUT2D eigenvalue weighted by molar-refractivity contribution is 0.403. The molecule has 1 rings (SSSR count). The molecular formula is C13H20N2O2S. The van der Waals surface area contributed by atoms with E-state index in [1.807, 2.05) is 0 Å². The van der Waals surface area contributed by atoms with E-state index in [0.717, 1.165) is 31.4 Å². The van der Waals surface area contributed by atoms with Gasteiger partial charge in [0, 0.05) is 13.1 Å². The summed E-state index contributed by atoms with van der Waals surface area (Å²) in [5.41, 5.74) is 0.953. The molecule has 18 heavy (non-hydrogen) atoms. The van der Waals surface area contributed by atoms with Gasteiger partial charge in [0.25, 0.3) is 0 Å². The summed E-state index contributed by atoms with van der Waals surface area (Å²) < 4.78 is 0. The van der Waals surface area contributed by atoms with Crippen LogP contribution in [0.1, 0.15) is 25.3 Å². The maximum atomic E-state index is 9.34. The van der Waals surface area contributed by atoms with Gasteiger partial charge in [-0.2, -0.15) is 0 Å². The minimum atomic E-state index is -0.0940. The molecule has 0 heterocycles. The van der Waals surface area contributed by atoms with E-state index in [1.165, 1.54) is 6.07 Å². The molecule has 4 N–H and O–H groups in total. The van der Waals surface area contributed by atoms with Crippen molar-refractivity contribution in [1.29, 1.82) is 0 Å². The number of phenols is 2. The second-order valence-electron chi connectivity index (χ2n) is 4.11. The summed E-state index contributed by atoms with van der Waals surface area (Å²) >= 11 is 5.12. The SMILES string of the molecule is CCCCNC(=S)NCCc1ccc(O)c(O)c1. The quantitative estimate of drug-likeness (QED) is 0.360. The second kappa shape index (κ2) is 7.76. The van der Waals surface area contributed by atoms with Gasteiger partial charge >= 0.3 is 0 Å². The topological polar surface area (TPSA) is 64.5 Å². The lowest BCUT2D eigenvalue weighted by Crippen LogP contribution is -2.36. The van der Waals surface area contributed by atoms with Crippen LogP contribution in [0.25, 0.3) is 0 Å². The van der Waals surface area contributed by atoms with Crippen LogP contribution in [0.5, 0.6) is 11.5 Å². The van der Waals surface area contributed by atoms with Crippen LogP contribution in [0.15, 0.2) is 18.2 Å². The van der Waals surface area contributed by atoms with Crippen LogP contribution in [-0.2, 0) is 6.42 Å². The maximum Gasteiger partial charge on any atom is 0.166 e. The fraction of sp³-hybridized carbons (Fsp3) is 0.462. The number of hydrogen-bond donors (Lipinski definition) is 4. The number of nitrogens with one attached hydrogen (secondary N) is 2. The first-order valence-corrected chi connectivity index (χ1v) is 6.57. The number of benzene rings is 1. The van der Waals surface area contributed by atoms with E-state index in [1.54, 1.807) is 12.1 Å². The van der Waals surface area contributed by atoms with Crippen LogP contribution in [0.4, 0.5) is 0 Å². The number of aromatic hydroxyl groups is 2. The molecule has 1 aromatic carbocycles. The molecule has 4 nitrogen and oxygen atoms in total. The Morgan fingerprint density at radius 2 is 1.89 bits per heavy atom. The fourth-order valence-corrected chi connectivity index (χ4v) is 1.69. The van der Waals surface area contributed by atoms with Crippen molar-refractivity contribution < 1.29 is 10.2 Å². The van der Waals surface area contributed by atoms with Gasteiger partial charge in [0.2, 0.25) is 0 Å². The van der Waals surface area contributed by atoms with Crippen molar-refractivity contribution in [1.82, 2.24) is 10.6 Å². The highest BCUT2D eigenvalue weighted by Gasteiger charge is 2.01. The predicted octanol–water partition coefficient (Wildman–Crippen LogP) is 1.90. The van der Waals surface area contributed by atoms with E-state index in [4.69, 9.17) is 12.2 Å². The van der Waals surface area contributed by atoms with Crippen molar-refractivity contribution in [3.63, 3.8) is 0 Å². The third-order valence-electron chi connectivity index (χ3n) is 2.55. The molecule has 0 saturated heterocycles. The summed E-state index contributed by atoms with van der Waals surface area (Å²) in [4.78, 5) is 0.